The molecule has 19 heavy (non-hydrogen) atoms. The molecule has 98 valence electrons. The van der Waals surface area contributed by atoms with Crippen LogP contribution in [0.1, 0.15) is 6.42 Å². The molecule has 7 heteroatoms. The zero-order chi connectivity index (χ0) is 13.6. The average Bonchev–Trinajstić information content (AvgIpc) is 2.91. The maximum Gasteiger partial charge on any atom is 0.229 e. The SMILES string of the molecule is NC(=O)C1CC(=O)N(c2nc3ccc(Cl)cc3s2)C1. The van der Waals surface area contributed by atoms with Gasteiger partial charge in [0.15, 0.2) is 5.13 Å². The Bertz CT molecular complexity index is 685. The summed E-state index contributed by atoms with van der Waals surface area (Å²) in [5, 5.41) is 1.22. The van der Waals surface area contributed by atoms with Crippen molar-refractivity contribution in [3.05, 3.63) is 23.2 Å². The van der Waals surface area contributed by atoms with Crippen molar-refractivity contribution in [3.63, 3.8) is 0 Å². The van der Waals surface area contributed by atoms with Gasteiger partial charge in [-0.2, -0.15) is 0 Å². The minimum absolute atomic E-state index is 0.117. The van der Waals surface area contributed by atoms with E-state index in [2.05, 4.69) is 4.98 Å². The van der Waals surface area contributed by atoms with Gasteiger partial charge in [-0.1, -0.05) is 22.9 Å². The van der Waals surface area contributed by atoms with Crippen LogP contribution in [0.3, 0.4) is 0 Å². The van der Waals surface area contributed by atoms with Crippen molar-refractivity contribution in [2.45, 2.75) is 6.42 Å². The first-order chi connectivity index (χ1) is 9.04. The molecule has 0 aliphatic carbocycles. The molecule has 5 nitrogen and oxygen atoms in total. The largest absolute Gasteiger partial charge is 0.369 e. The van der Waals surface area contributed by atoms with Gasteiger partial charge >= 0.3 is 0 Å². The molecule has 1 saturated heterocycles. The van der Waals surface area contributed by atoms with E-state index < -0.39 is 11.8 Å². The highest BCUT2D eigenvalue weighted by Gasteiger charge is 2.35. The highest BCUT2D eigenvalue weighted by molar-refractivity contribution is 7.22. The molecule has 1 aromatic carbocycles. The van der Waals surface area contributed by atoms with E-state index >= 15 is 0 Å². The standard InChI is InChI=1S/C12H10ClN3O2S/c13-7-1-2-8-9(4-7)19-12(15-8)16-5-6(11(14)18)3-10(16)17/h1-2,4,6H,3,5H2,(H2,14,18). The lowest BCUT2D eigenvalue weighted by Crippen LogP contribution is -2.28. The first-order valence-electron chi connectivity index (χ1n) is 5.70. The third kappa shape index (κ3) is 2.17. The molecular weight excluding hydrogens is 286 g/mol. The lowest BCUT2D eigenvalue weighted by atomic mass is 10.1. The molecule has 0 spiro atoms. The highest BCUT2D eigenvalue weighted by atomic mass is 35.5. The molecule has 1 fully saturated rings. The predicted octanol–water partition coefficient (Wildman–Crippen LogP) is 1.79. The van der Waals surface area contributed by atoms with Crippen molar-refractivity contribution in [1.82, 2.24) is 4.98 Å². The summed E-state index contributed by atoms with van der Waals surface area (Å²) in [6, 6.07) is 5.37. The Morgan fingerprint density at radius 2 is 2.32 bits per heavy atom. The number of nitrogens with two attached hydrogens (primary N) is 1. The van der Waals surface area contributed by atoms with Gasteiger partial charge in [0.25, 0.3) is 0 Å². The number of fused-ring (bicyclic) bond motifs is 1. The quantitative estimate of drug-likeness (QED) is 0.917. The Balaban J connectivity index is 1.96. The van der Waals surface area contributed by atoms with Crippen LogP contribution in [-0.2, 0) is 9.59 Å². The molecule has 1 unspecified atom stereocenters. The fourth-order valence-corrected chi connectivity index (χ4v) is 3.35. The second kappa shape index (κ2) is 4.47. The maximum absolute atomic E-state index is 11.9. The van der Waals surface area contributed by atoms with E-state index in [0.717, 1.165) is 10.2 Å². The number of nitrogens with zero attached hydrogens (tertiary/aromatic N) is 2. The number of amides is 2. The van der Waals surface area contributed by atoms with E-state index in [0.29, 0.717) is 16.7 Å². The fourth-order valence-electron chi connectivity index (χ4n) is 2.08. The normalized spacial score (nSPS) is 19.3. The van der Waals surface area contributed by atoms with Crippen LogP contribution in [0, 0.1) is 5.92 Å². The van der Waals surface area contributed by atoms with Crippen molar-refractivity contribution < 1.29 is 9.59 Å². The van der Waals surface area contributed by atoms with E-state index in [1.54, 1.807) is 6.07 Å². The number of thiazole rings is 1. The number of hydrogen-bond acceptors (Lipinski definition) is 4. The van der Waals surface area contributed by atoms with Crippen molar-refractivity contribution >= 4 is 50.1 Å². The Morgan fingerprint density at radius 3 is 3.00 bits per heavy atom. The molecule has 3 rings (SSSR count). The van der Waals surface area contributed by atoms with E-state index in [4.69, 9.17) is 17.3 Å². The molecule has 0 radical (unpaired) electrons. The van der Waals surface area contributed by atoms with Crippen LogP contribution in [0.5, 0.6) is 0 Å². The third-order valence-corrected chi connectivity index (χ3v) is 4.37. The Morgan fingerprint density at radius 1 is 1.53 bits per heavy atom. The van der Waals surface area contributed by atoms with Gasteiger partial charge in [0.1, 0.15) is 0 Å². The minimum Gasteiger partial charge on any atom is -0.369 e. The summed E-state index contributed by atoms with van der Waals surface area (Å²) in [6.07, 6.45) is 0.159. The molecule has 2 N–H and O–H groups in total. The van der Waals surface area contributed by atoms with Crippen LogP contribution >= 0.6 is 22.9 Å². The van der Waals surface area contributed by atoms with E-state index in [1.807, 2.05) is 12.1 Å². The fraction of sp³-hybridized carbons (Fsp3) is 0.250. The van der Waals surface area contributed by atoms with Crippen LogP contribution in [0.2, 0.25) is 5.02 Å². The van der Waals surface area contributed by atoms with Crippen molar-refractivity contribution in [1.29, 1.82) is 0 Å². The van der Waals surface area contributed by atoms with Crippen molar-refractivity contribution in [2.24, 2.45) is 11.7 Å². The summed E-state index contributed by atoms with van der Waals surface area (Å²) in [6.45, 7) is 0.307. The second-order valence-corrected chi connectivity index (χ2v) is 5.86. The zero-order valence-electron chi connectivity index (χ0n) is 9.80. The first kappa shape index (κ1) is 12.4. The number of benzene rings is 1. The van der Waals surface area contributed by atoms with Gasteiger partial charge in [0.2, 0.25) is 11.8 Å². The van der Waals surface area contributed by atoms with Crippen LogP contribution < -0.4 is 10.6 Å². The molecular formula is C12H10ClN3O2S. The summed E-state index contributed by atoms with van der Waals surface area (Å²) in [4.78, 5) is 29.0. The number of aromatic nitrogens is 1. The average molecular weight is 296 g/mol. The molecule has 1 aliphatic heterocycles. The highest BCUT2D eigenvalue weighted by Crippen LogP contribution is 2.33. The number of anilines is 1. The lowest BCUT2D eigenvalue weighted by Gasteiger charge is -2.11. The number of hydrogen-bond donors (Lipinski definition) is 1. The number of halogens is 1. The summed E-state index contributed by atoms with van der Waals surface area (Å²) in [5.41, 5.74) is 6.03. The monoisotopic (exact) mass is 295 g/mol. The first-order valence-corrected chi connectivity index (χ1v) is 6.90. The summed E-state index contributed by atoms with van der Waals surface area (Å²) in [5.74, 6) is -0.989. The predicted molar refractivity (Wildman–Crippen MR) is 74.3 cm³/mol. The Labute approximate surface area is 118 Å². The number of rotatable bonds is 2. The van der Waals surface area contributed by atoms with E-state index in [-0.39, 0.29) is 12.3 Å². The van der Waals surface area contributed by atoms with Gasteiger partial charge in [-0.05, 0) is 18.2 Å². The topological polar surface area (TPSA) is 76.3 Å². The van der Waals surface area contributed by atoms with E-state index in [9.17, 15) is 9.59 Å². The maximum atomic E-state index is 11.9. The second-order valence-electron chi connectivity index (χ2n) is 4.42. The van der Waals surface area contributed by atoms with Gasteiger partial charge in [-0.25, -0.2) is 4.98 Å². The smallest absolute Gasteiger partial charge is 0.229 e. The molecule has 0 bridgehead atoms. The molecule has 2 amide bonds. The summed E-state index contributed by atoms with van der Waals surface area (Å²) >= 11 is 7.30. The van der Waals surface area contributed by atoms with Crippen LogP contribution in [0.4, 0.5) is 5.13 Å². The molecule has 2 heterocycles. The van der Waals surface area contributed by atoms with Gasteiger partial charge in [0, 0.05) is 18.0 Å². The molecule has 1 aromatic heterocycles. The van der Waals surface area contributed by atoms with Crippen LogP contribution in [0.15, 0.2) is 18.2 Å². The molecule has 0 saturated carbocycles. The molecule has 2 aromatic rings. The van der Waals surface area contributed by atoms with Crippen LogP contribution in [0.25, 0.3) is 10.2 Å². The summed E-state index contributed by atoms with van der Waals surface area (Å²) in [7, 11) is 0. The number of primary amides is 1. The molecule has 1 atom stereocenters. The van der Waals surface area contributed by atoms with Crippen molar-refractivity contribution in [3.8, 4) is 0 Å². The Hall–Kier alpha value is -1.66. The van der Waals surface area contributed by atoms with E-state index in [1.165, 1.54) is 16.2 Å². The van der Waals surface area contributed by atoms with Gasteiger partial charge in [0.05, 0.1) is 16.1 Å². The van der Waals surface area contributed by atoms with Crippen molar-refractivity contribution in [2.75, 3.05) is 11.4 Å². The summed E-state index contributed by atoms with van der Waals surface area (Å²) < 4.78 is 0.915. The lowest BCUT2D eigenvalue weighted by molar-refractivity contribution is -0.123. The molecule has 1 aliphatic rings. The zero-order valence-corrected chi connectivity index (χ0v) is 11.4. The van der Waals surface area contributed by atoms with Gasteiger partial charge in [-0.15, -0.1) is 0 Å². The number of carbonyl (C=O) groups excluding carboxylic acids is 2. The van der Waals surface area contributed by atoms with Gasteiger partial charge < -0.3 is 5.73 Å². The third-order valence-electron chi connectivity index (χ3n) is 3.10. The van der Waals surface area contributed by atoms with Crippen LogP contribution in [-0.4, -0.2) is 23.3 Å². The van der Waals surface area contributed by atoms with Gasteiger partial charge in [-0.3, -0.25) is 14.5 Å². The number of carbonyl (C=O) groups is 2. The Kier molecular flexibility index (Phi) is 2.91. The minimum atomic E-state index is -0.444.